The minimum absolute atomic E-state index is 0.116. The molecular formula is C23H20BrNO. The van der Waals surface area contributed by atoms with Crippen molar-refractivity contribution in [2.75, 3.05) is 4.90 Å². The second kappa shape index (κ2) is 7.08. The molecule has 0 fully saturated rings. The number of aryl methyl sites for hydroxylation is 1. The summed E-state index contributed by atoms with van der Waals surface area (Å²) in [5, 5.41) is 0. The van der Waals surface area contributed by atoms with Crippen LogP contribution in [0.25, 0.3) is 0 Å². The molecule has 1 amide bonds. The van der Waals surface area contributed by atoms with Gasteiger partial charge >= 0.3 is 0 Å². The van der Waals surface area contributed by atoms with Gasteiger partial charge in [0.25, 0.3) is 0 Å². The predicted octanol–water partition coefficient (Wildman–Crippen LogP) is 5.63. The smallest absolute Gasteiger partial charge is 0.235 e. The monoisotopic (exact) mass is 405 g/mol. The van der Waals surface area contributed by atoms with Gasteiger partial charge < -0.3 is 4.90 Å². The van der Waals surface area contributed by atoms with Crippen LogP contribution in [0.15, 0.2) is 77.3 Å². The molecule has 1 atom stereocenters. The zero-order chi connectivity index (χ0) is 18.1. The summed E-state index contributed by atoms with van der Waals surface area (Å²) in [7, 11) is 0. The maximum absolute atomic E-state index is 13.3. The summed E-state index contributed by atoms with van der Waals surface area (Å²) in [6.45, 7) is 2.70. The van der Waals surface area contributed by atoms with E-state index in [4.69, 9.17) is 0 Å². The van der Waals surface area contributed by atoms with Crippen LogP contribution in [0.4, 0.5) is 5.69 Å². The van der Waals surface area contributed by atoms with E-state index < -0.39 is 0 Å². The maximum Gasteiger partial charge on any atom is 0.235 e. The molecule has 3 aromatic rings. The third-order valence-electron chi connectivity index (χ3n) is 4.95. The van der Waals surface area contributed by atoms with Crippen molar-refractivity contribution in [1.29, 1.82) is 0 Å². The van der Waals surface area contributed by atoms with Crippen molar-refractivity contribution in [2.45, 2.75) is 25.8 Å². The number of fused-ring (bicyclic) bond motifs is 1. The number of carbonyl (C=O) groups is 1. The van der Waals surface area contributed by atoms with Gasteiger partial charge in [0.2, 0.25) is 5.91 Å². The molecule has 0 spiro atoms. The number of anilines is 1. The first-order valence-electron chi connectivity index (χ1n) is 8.82. The highest BCUT2D eigenvalue weighted by molar-refractivity contribution is 9.10. The molecule has 26 heavy (non-hydrogen) atoms. The topological polar surface area (TPSA) is 20.3 Å². The number of hydrogen-bond acceptors (Lipinski definition) is 1. The molecule has 0 saturated carbocycles. The molecule has 0 saturated heterocycles. The first kappa shape index (κ1) is 17.0. The Morgan fingerprint density at radius 1 is 0.923 bits per heavy atom. The first-order chi connectivity index (χ1) is 12.6. The summed E-state index contributed by atoms with van der Waals surface area (Å²) in [5.74, 6) is 0.0761. The molecule has 130 valence electrons. The van der Waals surface area contributed by atoms with E-state index in [2.05, 4.69) is 65.3 Å². The highest BCUT2D eigenvalue weighted by Gasteiger charge is 2.37. The molecule has 0 aromatic heterocycles. The van der Waals surface area contributed by atoms with Crippen molar-refractivity contribution >= 4 is 27.5 Å². The normalized spacial score (nSPS) is 16.0. The van der Waals surface area contributed by atoms with Crippen molar-refractivity contribution < 1.29 is 4.79 Å². The van der Waals surface area contributed by atoms with E-state index in [0.29, 0.717) is 6.54 Å². The minimum Gasteiger partial charge on any atom is -0.307 e. The Balaban J connectivity index is 1.68. The van der Waals surface area contributed by atoms with E-state index >= 15 is 0 Å². The van der Waals surface area contributed by atoms with Crippen molar-refractivity contribution in [3.8, 4) is 0 Å². The predicted molar refractivity (Wildman–Crippen MR) is 109 cm³/mol. The number of nitrogens with zero attached hydrogens (tertiary/aromatic N) is 1. The standard InChI is InChI=1S/C23H20BrNO/c1-16-7-12-22-20(13-16)21(14-17-8-10-19(24)11-9-17)23(26)25(22)15-18-5-3-2-4-6-18/h2-13,21H,14-15H2,1H3. The molecule has 1 aliphatic heterocycles. The molecule has 3 aromatic carbocycles. The molecule has 0 N–H and O–H groups in total. The lowest BCUT2D eigenvalue weighted by Crippen LogP contribution is -2.28. The fourth-order valence-electron chi connectivity index (χ4n) is 3.62. The third-order valence-corrected chi connectivity index (χ3v) is 5.48. The van der Waals surface area contributed by atoms with E-state index in [1.165, 1.54) is 11.1 Å². The Hall–Kier alpha value is -2.39. The molecule has 1 heterocycles. The van der Waals surface area contributed by atoms with Crippen LogP contribution in [0.2, 0.25) is 0 Å². The fraction of sp³-hybridized carbons (Fsp3) is 0.174. The third kappa shape index (κ3) is 3.32. The van der Waals surface area contributed by atoms with Crippen LogP contribution in [0, 0.1) is 6.92 Å². The lowest BCUT2D eigenvalue weighted by molar-refractivity contribution is -0.119. The summed E-state index contributed by atoms with van der Waals surface area (Å²) in [6, 6.07) is 24.8. The molecule has 3 heteroatoms. The number of benzene rings is 3. The van der Waals surface area contributed by atoms with Crippen molar-refractivity contribution in [3.05, 3.63) is 99.5 Å². The molecule has 2 nitrogen and oxygen atoms in total. The van der Waals surface area contributed by atoms with Crippen LogP contribution in [-0.2, 0) is 17.8 Å². The zero-order valence-corrected chi connectivity index (χ0v) is 16.2. The SMILES string of the molecule is Cc1ccc2c(c1)C(Cc1ccc(Br)cc1)C(=O)N2Cc1ccccc1. The Morgan fingerprint density at radius 3 is 2.38 bits per heavy atom. The number of carbonyl (C=O) groups excluding carboxylic acids is 1. The molecule has 0 aliphatic carbocycles. The first-order valence-corrected chi connectivity index (χ1v) is 9.61. The molecule has 0 radical (unpaired) electrons. The van der Waals surface area contributed by atoms with E-state index in [-0.39, 0.29) is 11.8 Å². The Labute approximate surface area is 162 Å². The van der Waals surface area contributed by atoms with Gasteiger partial charge in [-0.05, 0) is 48.2 Å². The van der Waals surface area contributed by atoms with Gasteiger partial charge in [-0.15, -0.1) is 0 Å². The van der Waals surface area contributed by atoms with Crippen molar-refractivity contribution in [2.24, 2.45) is 0 Å². The summed E-state index contributed by atoms with van der Waals surface area (Å²) >= 11 is 3.48. The zero-order valence-electron chi connectivity index (χ0n) is 14.7. The van der Waals surface area contributed by atoms with Gasteiger partial charge in [0, 0.05) is 10.2 Å². The molecule has 1 unspecified atom stereocenters. The van der Waals surface area contributed by atoms with Gasteiger partial charge in [0.1, 0.15) is 0 Å². The molecule has 1 aliphatic rings. The highest BCUT2D eigenvalue weighted by Crippen LogP contribution is 2.40. The van der Waals surface area contributed by atoms with E-state index in [9.17, 15) is 4.79 Å². The number of rotatable bonds is 4. The number of amides is 1. The fourth-order valence-corrected chi connectivity index (χ4v) is 3.89. The van der Waals surface area contributed by atoms with Crippen LogP contribution < -0.4 is 4.90 Å². The van der Waals surface area contributed by atoms with Gasteiger partial charge in [0.05, 0.1) is 12.5 Å². The lowest BCUT2D eigenvalue weighted by Gasteiger charge is -2.18. The Bertz CT molecular complexity index is 934. The summed E-state index contributed by atoms with van der Waals surface area (Å²) in [4.78, 5) is 15.2. The maximum atomic E-state index is 13.3. The van der Waals surface area contributed by atoms with Crippen molar-refractivity contribution in [3.63, 3.8) is 0 Å². The summed E-state index contributed by atoms with van der Waals surface area (Å²) in [6.07, 6.45) is 0.730. The van der Waals surface area contributed by atoms with Crippen LogP contribution in [0.1, 0.15) is 28.2 Å². The van der Waals surface area contributed by atoms with E-state index in [1.807, 2.05) is 35.2 Å². The van der Waals surface area contributed by atoms with Crippen molar-refractivity contribution in [1.82, 2.24) is 0 Å². The van der Waals surface area contributed by atoms with Crippen LogP contribution >= 0.6 is 15.9 Å². The quantitative estimate of drug-likeness (QED) is 0.550. The van der Waals surface area contributed by atoms with E-state index in [1.54, 1.807) is 0 Å². The van der Waals surface area contributed by atoms with Crippen LogP contribution in [0.3, 0.4) is 0 Å². The second-order valence-electron chi connectivity index (χ2n) is 6.86. The minimum atomic E-state index is -0.116. The van der Waals surface area contributed by atoms with Gasteiger partial charge in [0.15, 0.2) is 0 Å². The lowest BCUT2D eigenvalue weighted by atomic mass is 9.92. The van der Waals surface area contributed by atoms with Gasteiger partial charge in [-0.25, -0.2) is 0 Å². The van der Waals surface area contributed by atoms with Crippen LogP contribution in [0.5, 0.6) is 0 Å². The summed E-state index contributed by atoms with van der Waals surface area (Å²) < 4.78 is 1.06. The van der Waals surface area contributed by atoms with Gasteiger partial charge in [-0.3, -0.25) is 4.79 Å². The molecular weight excluding hydrogens is 386 g/mol. The Kier molecular flexibility index (Phi) is 4.64. The number of halogens is 1. The molecule has 0 bridgehead atoms. The van der Waals surface area contributed by atoms with Crippen LogP contribution in [-0.4, -0.2) is 5.91 Å². The largest absolute Gasteiger partial charge is 0.307 e. The average Bonchev–Trinajstić information content (AvgIpc) is 2.89. The average molecular weight is 406 g/mol. The van der Waals surface area contributed by atoms with Gasteiger partial charge in [-0.2, -0.15) is 0 Å². The highest BCUT2D eigenvalue weighted by atomic mass is 79.9. The second-order valence-corrected chi connectivity index (χ2v) is 7.77. The molecule has 4 rings (SSSR count). The van der Waals surface area contributed by atoms with Gasteiger partial charge in [-0.1, -0.05) is 76.1 Å². The Morgan fingerprint density at radius 2 is 1.65 bits per heavy atom. The van der Waals surface area contributed by atoms with E-state index in [0.717, 1.165) is 27.7 Å². The number of hydrogen-bond donors (Lipinski definition) is 0. The summed E-state index contributed by atoms with van der Waals surface area (Å²) in [5.41, 5.74) is 5.72.